The van der Waals surface area contributed by atoms with E-state index in [1.165, 1.54) is 18.2 Å². The summed E-state index contributed by atoms with van der Waals surface area (Å²) in [7, 11) is 0. The normalized spacial score (nSPS) is 11.1. The first-order chi connectivity index (χ1) is 11.0. The van der Waals surface area contributed by atoms with E-state index >= 15 is 0 Å². The molecule has 3 rings (SSSR count). The molecule has 5 nitrogen and oxygen atoms in total. The minimum absolute atomic E-state index is 0.106. The summed E-state index contributed by atoms with van der Waals surface area (Å²) in [5.74, 6) is -1.81. The average molecular weight is 307 g/mol. The molecular weight excluding hydrogens is 296 g/mol. The van der Waals surface area contributed by atoms with Gasteiger partial charge in [0.25, 0.3) is 0 Å². The maximum absolute atomic E-state index is 12.1. The van der Waals surface area contributed by atoms with E-state index in [4.69, 9.17) is 9.52 Å². The van der Waals surface area contributed by atoms with E-state index in [9.17, 15) is 14.7 Å². The molecule has 5 heteroatoms. The van der Waals surface area contributed by atoms with Gasteiger partial charge >= 0.3 is 5.97 Å². The monoisotopic (exact) mass is 307 g/mol. The molecule has 0 bridgehead atoms. The molecule has 0 spiro atoms. The molecule has 0 unspecified atom stereocenters. The lowest BCUT2D eigenvalue weighted by Crippen LogP contribution is -2.06. The third-order valence-electron chi connectivity index (χ3n) is 3.34. The lowest BCUT2D eigenvalue weighted by Gasteiger charge is -2.11. The maximum atomic E-state index is 12.1. The first-order valence-electron chi connectivity index (χ1n) is 6.80. The van der Waals surface area contributed by atoms with Crippen LogP contribution in [0.15, 0.2) is 59.0 Å². The van der Waals surface area contributed by atoms with Crippen molar-refractivity contribution in [1.29, 1.82) is 0 Å². The Kier molecular flexibility index (Phi) is 3.68. The number of carbonyl (C=O) groups excluding carboxylic acids is 1. The van der Waals surface area contributed by atoms with Gasteiger partial charge in [-0.15, -0.1) is 0 Å². The fourth-order valence-corrected chi connectivity index (χ4v) is 2.19. The summed E-state index contributed by atoms with van der Waals surface area (Å²) in [6.07, 6.45) is 2.65. The van der Waals surface area contributed by atoms with Crippen LogP contribution in [0.25, 0.3) is 17.0 Å². The number of benzene rings is 2. The fraction of sp³-hybridized carbons (Fsp3) is 0. The number of carboxylic acids is 1. The molecule has 114 valence electrons. The van der Waals surface area contributed by atoms with Gasteiger partial charge in [0.2, 0.25) is 0 Å². The van der Waals surface area contributed by atoms with Crippen LogP contribution >= 0.6 is 0 Å². The standard InChI is InChI=1S/C18H12O5/c19-15-7-5-12(18(21)22)10-14(15)16(20)8-6-13-9-11-3-1-2-4-17(11)23-13/h1-10,19H,(H,21,22)/p-1/b8-6+. The molecule has 3 aromatic rings. The van der Waals surface area contributed by atoms with Crippen LogP contribution in [0.4, 0.5) is 0 Å². The molecule has 0 aliphatic rings. The highest BCUT2D eigenvalue weighted by Crippen LogP contribution is 2.21. The van der Waals surface area contributed by atoms with Crippen LogP contribution < -0.4 is 5.11 Å². The Hall–Kier alpha value is -3.34. The number of allylic oxidation sites excluding steroid dienone is 1. The summed E-state index contributed by atoms with van der Waals surface area (Å²) < 4.78 is 5.54. The van der Waals surface area contributed by atoms with Gasteiger partial charge in [-0.3, -0.25) is 4.79 Å². The van der Waals surface area contributed by atoms with Crippen molar-refractivity contribution in [2.45, 2.75) is 0 Å². The predicted molar refractivity (Wildman–Crippen MR) is 82.4 cm³/mol. The minimum atomic E-state index is -1.19. The summed E-state index contributed by atoms with van der Waals surface area (Å²) in [6, 6.07) is 12.5. The van der Waals surface area contributed by atoms with Crippen LogP contribution in [-0.2, 0) is 0 Å². The van der Waals surface area contributed by atoms with Crippen molar-refractivity contribution in [3.05, 3.63) is 71.5 Å². The molecule has 0 fully saturated rings. The Morgan fingerprint density at radius 3 is 2.61 bits per heavy atom. The van der Waals surface area contributed by atoms with E-state index in [1.807, 2.05) is 18.2 Å². The predicted octanol–water partition coefficient (Wildman–Crippen LogP) is 3.10. The summed E-state index contributed by atoms with van der Waals surface area (Å²) >= 11 is 0. The minimum Gasteiger partial charge on any atom is -0.872 e. The van der Waals surface area contributed by atoms with Crippen LogP contribution in [-0.4, -0.2) is 16.9 Å². The van der Waals surface area contributed by atoms with Crippen LogP contribution in [0.5, 0.6) is 5.75 Å². The molecule has 0 aliphatic heterocycles. The molecule has 1 aromatic heterocycles. The number of hydrogen-bond donors (Lipinski definition) is 1. The van der Waals surface area contributed by atoms with E-state index in [0.29, 0.717) is 11.3 Å². The lowest BCUT2D eigenvalue weighted by molar-refractivity contribution is -0.268. The number of carbonyl (C=O) groups is 2. The van der Waals surface area contributed by atoms with Crippen molar-refractivity contribution in [3.8, 4) is 5.75 Å². The largest absolute Gasteiger partial charge is 0.872 e. The number of para-hydroxylation sites is 1. The molecule has 0 radical (unpaired) electrons. The highest BCUT2D eigenvalue weighted by molar-refractivity contribution is 6.09. The highest BCUT2D eigenvalue weighted by Gasteiger charge is 2.09. The number of hydrogen-bond acceptors (Lipinski definition) is 4. The van der Waals surface area contributed by atoms with Crippen molar-refractivity contribution in [3.63, 3.8) is 0 Å². The molecule has 0 saturated carbocycles. The third-order valence-corrected chi connectivity index (χ3v) is 3.34. The van der Waals surface area contributed by atoms with E-state index in [-0.39, 0.29) is 11.1 Å². The Bertz CT molecular complexity index is 900. The van der Waals surface area contributed by atoms with E-state index in [2.05, 4.69) is 0 Å². The van der Waals surface area contributed by atoms with Gasteiger partial charge in [0.15, 0.2) is 5.78 Å². The van der Waals surface area contributed by atoms with Crippen molar-refractivity contribution in [1.82, 2.24) is 0 Å². The second-order valence-electron chi connectivity index (χ2n) is 4.90. The quantitative estimate of drug-likeness (QED) is 0.591. The summed E-state index contributed by atoms with van der Waals surface area (Å²) in [5, 5.41) is 21.5. The molecule has 0 amide bonds. The average Bonchev–Trinajstić information content (AvgIpc) is 2.95. The van der Waals surface area contributed by atoms with Crippen LogP contribution in [0.1, 0.15) is 26.5 Å². The number of rotatable bonds is 4. The van der Waals surface area contributed by atoms with Gasteiger partial charge in [-0.05, 0) is 36.4 Å². The van der Waals surface area contributed by atoms with Gasteiger partial charge in [-0.25, -0.2) is 4.79 Å². The highest BCUT2D eigenvalue weighted by atomic mass is 16.4. The number of carboxylic acid groups (broad SMARTS) is 1. The third kappa shape index (κ3) is 2.98. The molecule has 1 heterocycles. The first-order valence-corrected chi connectivity index (χ1v) is 6.80. The fourth-order valence-electron chi connectivity index (χ4n) is 2.19. The van der Waals surface area contributed by atoms with E-state index in [0.717, 1.165) is 17.5 Å². The Balaban J connectivity index is 1.89. The van der Waals surface area contributed by atoms with Crippen molar-refractivity contribution < 1.29 is 24.2 Å². The SMILES string of the molecule is O=C(O)c1ccc([O-])c(C(=O)/C=C/c2cc3ccccc3o2)c1. The molecule has 0 saturated heterocycles. The van der Waals surface area contributed by atoms with Crippen LogP contribution in [0, 0.1) is 0 Å². The number of ketones is 1. The molecule has 1 N–H and O–H groups in total. The Morgan fingerprint density at radius 2 is 1.87 bits per heavy atom. The van der Waals surface area contributed by atoms with Crippen molar-refractivity contribution in [2.24, 2.45) is 0 Å². The summed E-state index contributed by atoms with van der Waals surface area (Å²) in [6.45, 7) is 0. The zero-order valence-corrected chi connectivity index (χ0v) is 11.9. The van der Waals surface area contributed by atoms with Crippen LogP contribution in [0.3, 0.4) is 0 Å². The zero-order valence-electron chi connectivity index (χ0n) is 11.9. The zero-order chi connectivity index (χ0) is 16.4. The van der Waals surface area contributed by atoms with Gasteiger partial charge in [-0.2, -0.15) is 0 Å². The Morgan fingerprint density at radius 1 is 1.09 bits per heavy atom. The molecule has 2 aromatic carbocycles. The topological polar surface area (TPSA) is 90.6 Å². The molecule has 0 atom stereocenters. The Labute approximate surface area is 131 Å². The summed E-state index contributed by atoms with van der Waals surface area (Å²) in [4.78, 5) is 23.0. The van der Waals surface area contributed by atoms with E-state index in [1.54, 1.807) is 12.1 Å². The molecular formula is C18H11O5-. The molecule has 0 aliphatic carbocycles. The van der Waals surface area contributed by atoms with Gasteiger partial charge < -0.3 is 14.6 Å². The number of fused-ring (bicyclic) bond motifs is 1. The van der Waals surface area contributed by atoms with Gasteiger partial charge in [0.05, 0.1) is 5.56 Å². The lowest BCUT2D eigenvalue weighted by atomic mass is 10.1. The maximum Gasteiger partial charge on any atom is 0.335 e. The van der Waals surface area contributed by atoms with Gasteiger partial charge in [0.1, 0.15) is 11.3 Å². The van der Waals surface area contributed by atoms with E-state index < -0.39 is 17.5 Å². The smallest absolute Gasteiger partial charge is 0.335 e. The second-order valence-corrected chi connectivity index (χ2v) is 4.90. The number of furan rings is 1. The second kappa shape index (κ2) is 5.81. The van der Waals surface area contributed by atoms with Crippen LogP contribution in [0.2, 0.25) is 0 Å². The first kappa shape index (κ1) is 14.6. The number of aromatic carboxylic acids is 1. The van der Waals surface area contributed by atoms with Gasteiger partial charge in [0, 0.05) is 10.9 Å². The van der Waals surface area contributed by atoms with Gasteiger partial charge in [-0.1, -0.05) is 30.0 Å². The van der Waals surface area contributed by atoms with Crippen molar-refractivity contribution in [2.75, 3.05) is 0 Å². The summed E-state index contributed by atoms with van der Waals surface area (Å²) in [5.41, 5.74) is 0.402. The molecule has 23 heavy (non-hydrogen) atoms. The van der Waals surface area contributed by atoms with Crippen molar-refractivity contribution >= 4 is 28.8 Å².